The number of H-pyrrole nitrogens is 1. The van der Waals surface area contributed by atoms with Gasteiger partial charge in [-0.15, -0.1) is 0 Å². The summed E-state index contributed by atoms with van der Waals surface area (Å²) < 4.78 is 0. The van der Waals surface area contributed by atoms with Crippen LogP contribution >= 0.6 is 11.8 Å². The van der Waals surface area contributed by atoms with Gasteiger partial charge in [0.25, 0.3) is 5.56 Å². The highest BCUT2D eigenvalue weighted by atomic mass is 32.2. The van der Waals surface area contributed by atoms with Crippen molar-refractivity contribution in [1.29, 1.82) is 0 Å². The third-order valence-corrected chi connectivity index (χ3v) is 5.79. The molecule has 118 valence electrons. The smallest absolute Gasteiger partial charge is 0.258 e. The van der Waals surface area contributed by atoms with Crippen LogP contribution in [0, 0.1) is 6.92 Å². The summed E-state index contributed by atoms with van der Waals surface area (Å²) in [6.45, 7) is 2.00. The van der Waals surface area contributed by atoms with Gasteiger partial charge in [-0.3, -0.25) is 4.79 Å². The molecule has 22 heavy (non-hydrogen) atoms. The molecule has 2 aromatic rings. The molecule has 1 fully saturated rings. The third kappa shape index (κ3) is 3.52. The van der Waals surface area contributed by atoms with Crippen molar-refractivity contribution >= 4 is 22.7 Å². The Morgan fingerprint density at radius 3 is 3.05 bits per heavy atom. The van der Waals surface area contributed by atoms with E-state index in [1.54, 1.807) is 0 Å². The van der Waals surface area contributed by atoms with E-state index in [1.807, 2.05) is 36.9 Å². The SMILES string of the molecule is Cc1cccc2c(=O)[nH]c(CS[C@H]3CCC[C@H](N)CC3)nc12. The number of rotatable bonds is 3. The lowest BCUT2D eigenvalue weighted by Crippen LogP contribution is -2.18. The molecule has 0 saturated heterocycles. The van der Waals surface area contributed by atoms with Gasteiger partial charge in [-0.25, -0.2) is 4.98 Å². The van der Waals surface area contributed by atoms with Crippen LogP contribution in [-0.4, -0.2) is 21.3 Å². The lowest BCUT2D eigenvalue weighted by atomic mass is 10.1. The van der Waals surface area contributed by atoms with Crippen LogP contribution in [0.15, 0.2) is 23.0 Å². The van der Waals surface area contributed by atoms with Crippen LogP contribution in [-0.2, 0) is 5.75 Å². The molecule has 1 aromatic heterocycles. The van der Waals surface area contributed by atoms with Gasteiger partial charge in [0.2, 0.25) is 0 Å². The number of para-hydroxylation sites is 1. The summed E-state index contributed by atoms with van der Waals surface area (Å²) in [4.78, 5) is 19.8. The van der Waals surface area contributed by atoms with Crippen LogP contribution in [0.2, 0.25) is 0 Å². The van der Waals surface area contributed by atoms with Crippen molar-refractivity contribution in [2.24, 2.45) is 5.73 Å². The minimum atomic E-state index is -0.0350. The number of benzene rings is 1. The minimum absolute atomic E-state index is 0.0350. The first-order valence-corrected chi connectivity index (χ1v) is 9.04. The Hall–Kier alpha value is -1.33. The maximum absolute atomic E-state index is 12.2. The minimum Gasteiger partial charge on any atom is -0.328 e. The van der Waals surface area contributed by atoms with E-state index < -0.39 is 0 Å². The topological polar surface area (TPSA) is 71.8 Å². The highest BCUT2D eigenvalue weighted by Crippen LogP contribution is 2.28. The normalized spacial score (nSPS) is 22.6. The third-order valence-electron chi connectivity index (χ3n) is 4.40. The average molecular weight is 317 g/mol. The number of aryl methyl sites for hydroxylation is 1. The largest absolute Gasteiger partial charge is 0.328 e. The van der Waals surface area contributed by atoms with Crippen LogP contribution in [0.25, 0.3) is 10.9 Å². The van der Waals surface area contributed by atoms with Crippen molar-refractivity contribution in [2.45, 2.75) is 56.1 Å². The fourth-order valence-corrected chi connectivity index (χ4v) is 4.25. The second-order valence-electron chi connectivity index (χ2n) is 6.19. The predicted octanol–water partition coefficient (Wildman–Crippen LogP) is 3.12. The number of nitrogens with two attached hydrogens (primary N) is 1. The van der Waals surface area contributed by atoms with Crippen molar-refractivity contribution in [3.05, 3.63) is 39.9 Å². The molecule has 1 aliphatic carbocycles. The van der Waals surface area contributed by atoms with E-state index in [0.717, 1.165) is 35.5 Å². The van der Waals surface area contributed by atoms with Gasteiger partial charge in [0, 0.05) is 11.3 Å². The highest BCUT2D eigenvalue weighted by molar-refractivity contribution is 7.99. The Bertz CT molecular complexity index is 713. The Morgan fingerprint density at radius 2 is 2.18 bits per heavy atom. The van der Waals surface area contributed by atoms with Gasteiger partial charge in [0.15, 0.2) is 0 Å². The maximum atomic E-state index is 12.2. The van der Waals surface area contributed by atoms with Crippen LogP contribution in [0.4, 0.5) is 0 Å². The molecule has 4 nitrogen and oxygen atoms in total. The van der Waals surface area contributed by atoms with E-state index in [1.165, 1.54) is 19.3 Å². The van der Waals surface area contributed by atoms with Crippen molar-refractivity contribution in [2.75, 3.05) is 0 Å². The first-order valence-electron chi connectivity index (χ1n) is 7.99. The Labute approximate surface area is 134 Å². The maximum Gasteiger partial charge on any atom is 0.258 e. The molecule has 1 aromatic carbocycles. The summed E-state index contributed by atoms with van der Waals surface area (Å²) in [5.74, 6) is 1.55. The quantitative estimate of drug-likeness (QED) is 0.853. The predicted molar refractivity (Wildman–Crippen MR) is 93.2 cm³/mol. The number of nitrogens with one attached hydrogen (secondary N) is 1. The van der Waals surface area contributed by atoms with Gasteiger partial charge in [-0.1, -0.05) is 18.6 Å². The van der Waals surface area contributed by atoms with Crippen LogP contribution in [0.5, 0.6) is 0 Å². The molecule has 0 bridgehead atoms. The number of hydrogen-bond acceptors (Lipinski definition) is 4. The summed E-state index contributed by atoms with van der Waals surface area (Å²) in [5.41, 5.74) is 7.87. The number of nitrogens with zero attached hydrogens (tertiary/aromatic N) is 1. The van der Waals surface area contributed by atoms with Crippen LogP contribution < -0.4 is 11.3 Å². The van der Waals surface area contributed by atoms with E-state index in [0.29, 0.717) is 16.7 Å². The van der Waals surface area contributed by atoms with E-state index >= 15 is 0 Å². The number of hydrogen-bond donors (Lipinski definition) is 2. The molecule has 2 atom stereocenters. The molecule has 3 N–H and O–H groups in total. The number of fused-ring (bicyclic) bond motifs is 1. The Kier molecular flexibility index (Phi) is 4.84. The van der Waals surface area contributed by atoms with Crippen molar-refractivity contribution in [3.8, 4) is 0 Å². The van der Waals surface area contributed by atoms with Gasteiger partial charge in [0.1, 0.15) is 5.82 Å². The highest BCUT2D eigenvalue weighted by Gasteiger charge is 2.17. The first kappa shape index (κ1) is 15.6. The zero-order chi connectivity index (χ0) is 15.5. The molecule has 3 rings (SSSR count). The second-order valence-corrected chi connectivity index (χ2v) is 7.47. The van der Waals surface area contributed by atoms with Gasteiger partial charge < -0.3 is 10.7 Å². The Morgan fingerprint density at radius 1 is 1.32 bits per heavy atom. The van der Waals surface area contributed by atoms with E-state index in [4.69, 9.17) is 5.73 Å². The summed E-state index contributed by atoms with van der Waals surface area (Å²) in [7, 11) is 0. The van der Waals surface area contributed by atoms with Crippen molar-refractivity contribution in [3.63, 3.8) is 0 Å². The molecule has 1 heterocycles. The summed E-state index contributed by atoms with van der Waals surface area (Å²) in [6.07, 6.45) is 5.84. The average Bonchev–Trinajstić information content (AvgIpc) is 2.71. The molecular weight excluding hydrogens is 294 g/mol. The molecule has 0 spiro atoms. The zero-order valence-electron chi connectivity index (χ0n) is 13.0. The van der Waals surface area contributed by atoms with Crippen molar-refractivity contribution in [1.82, 2.24) is 9.97 Å². The number of thioether (sulfide) groups is 1. The van der Waals surface area contributed by atoms with E-state index in [-0.39, 0.29) is 5.56 Å². The van der Waals surface area contributed by atoms with Gasteiger partial charge in [-0.2, -0.15) is 11.8 Å². The fraction of sp³-hybridized carbons (Fsp3) is 0.529. The van der Waals surface area contributed by atoms with Crippen molar-refractivity contribution < 1.29 is 0 Å². The summed E-state index contributed by atoms with van der Waals surface area (Å²) in [5, 5.41) is 1.31. The van der Waals surface area contributed by atoms with Gasteiger partial charge in [-0.05, 0) is 44.2 Å². The standard InChI is InChI=1S/C17H23N3OS/c1-11-4-2-7-14-16(11)19-15(20-17(14)21)10-22-13-6-3-5-12(18)8-9-13/h2,4,7,12-13H,3,5-6,8-10,18H2,1H3,(H,19,20,21)/t12-,13-/m0/s1. The van der Waals surface area contributed by atoms with Gasteiger partial charge in [0.05, 0.1) is 16.7 Å². The lowest BCUT2D eigenvalue weighted by molar-refractivity contribution is 0.584. The van der Waals surface area contributed by atoms with E-state index in [2.05, 4.69) is 9.97 Å². The summed E-state index contributed by atoms with van der Waals surface area (Å²) in [6, 6.07) is 6.10. The van der Waals surface area contributed by atoms with Gasteiger partial charge >= 0.3 is 0 Å². The molecule has 0 amide bonds. The summed E-state index contributed by atoms with van der Waals surface area (Å²) >= 11 is 1.90. The molecule has 0 aliphatic heterocycles. The number of aromatic nitrogens is 2. The second kappa shape index (κ2) is 6.84. The first-order chi connectivity index (χ1) is 10.6. The molecule has 0 radical (unpaired) electrons. The molecule has 1 aliphatic rings. The fourth-order valence-electron chi connectivity index (χ4n) is 3.08. The lowest BCUT2D eigenvalue weighted by Gasteiger charge is -2.13. The molecule has 5 heteroatoms. The monoisotopic (exact) mass is 317 g/mol. The molecule has 0 unspecified atom stereocenters. The molecule has 1 saturated carbocycles. The van der Waals surface area contributed by atoms with Crippen LogP contribution in [0.1, 0.15) is 43.5 Å². The number of aromatic amines is 1. The van der Waals surface area contributed by atoms with Crippen LogP contribution in [0.3, 0.4) is 0 Å². The zero-order valence-corrected chi connectivity index (χ0v) is 13.8. The Balaban J connectivity index is 1.74. The van der Waals surface area contributed by atoms with E-state index in [9.17, 15) is 4.79 Å². The molecular formula is C17H23N3OS.